The lowest BCUT2D eigenvalue weighted by Crippen LogP contribution is -2.37. The van der Waals surface area contributed by atoms with Gasteiger partial charge in [-0.2, -0.15) is 0 Å². The molecular weight excluding hydrogens is 388 g/mol. The molecule has 0 aliphatic carbocycles. The molecule has 0 bridgehead atoms. The first-order valence-corrected chi connectivity index (χ1v) is 11.0. The number of hydrogen-bond donors (Lipinski definition) is 1. The number of anilines is 1. The van der Waals surface area contributed by atoms with Gasteiger partial charge in [0.25, 0.3) is 0 Å². The molecule has 146 valence electrons. The zero-order chi connectivity index (χ0) is 19.8. The Morgan fingerprint density at radius 1 is 1.41 bits per heavy atom. The molecule has 1 aliphatic rings. The maximum atomic E-state index is 12.4. The second-order valence-electron chi connectivity index (χ2n) is 6.76. The van der Waals surface area contributed by atoms with Gasteiger partial charge >= 0.3 is 0 Å². The van der Waals surface area contributed by atoms with Crippen molar-refractivity contribution in [3.8, 4) is 0 Å². The van der Waals surface area contributed by atoms with Gasteiger partial charge in [0, 0.05) is 33.6 Å². The van der Waals surface area contributed by atoms with Crippen LogP contribution in [0.5, 0.6) is 0 Å². The summed E-state index contributed by atoms with van der Waals surface area (Å²) < 4.78 is 25.6. The minimum atomic E-state index is -3.37. The highest BCUT2D eigenvalue weighted by Gasteiger charge is 2.36. The summed E-state index contributed by atoms with van der Waals surface area (Å²) in [6.07, 6.45) is 0.0984. The van der Waals surface area contributed by atoms with Crippen LogP contribution in [0, 0.1) is 12.8 Å². The second-order valence-corrected chi connectivity index (χ2v) is 10.1. The third-order valence-corrected chi connectivity index (χ3v) is 7.35. The van der Waals surface area contributed by atoms with Gasteiger partial charge in [-0.25, -0.2) is 17.7 Å². The van der Waals surface area contributed by atoms with Gasteiger partial charge in [0.1, 0.15) is 0 Å². The molecule has 0 spiro atoms. The number of hydrogen-bond acceptors (Lipinski definition) is 6. The van der Waals surface area contributed by atoms with Gasteiger partial charge in [-0.1, -0.05) is 17.4 Å². The number of amides is 2. The van der Waals surface area contributed by atoms with Crippen LogP contribution in [0.4, 0.5) is 5.13 Å². The molecule has 2 amide bonds. The Balaban J connectivity index is 1.63. The highest BCUT2D eigenvalue weighted by atomic mass is 32.2. The fourth-order valence-electron chi connectivity index (χ4n) is 2.83. The van der Waals surface area contributed by atoms with Crippen LogP contribution in [0.2, 0.25) is 0 Å². The average Bonchev–Trinajstić information content (AvgIpc) is 3.17. The van der Waals surface area contributed by atoms with E-state index in [1.807, 2.05) is 25.1 Å². The van der Waals surface area contributed by atoms with Crippen molar-refractivity contribution in [2.75, 3.05) is 37.8 Å². The molecule has 1 aromatic heterocycles. The van der Waals surface area contributed by atoms with E-state index in [-0.39, 0.29) is 37.1 Å². The fraction of sp³-hybridized carbons (Fsp3) is 0.471. The molecule has 1 unspecified atom stereocenters. The molecule has 0 radical (unpaired) electrons. The first-order chi connectivity index (χ1) is 12.7. The largest absolute Gasteiger partial charge is 0.355 e. The number of fused-ring (bicyclic) bond motifs is 1. The Kier molecular flexibility index (Phi) is 5.50. The lowest BCUT2D eigenvalue weighted by Gasteiger charge is -2.14. The number of nitrogens with one attached hydrogen (secondary N) is 1. The van der Waals surface area contributed by atoms with E-state index in [2.05, 4.69) is 10.3 Å². The number of aromatic nitrogens is 1. The average molecular weight is 411 g/mol. The smallest absolute Gasteiger partial charge is 0.229 e. The Bertz CT molecular complexity index is 984. The Hall–Kier alpha value is -2.04. The van der Waals surface area contributed by atoms with Crippen LogP contribution in [0.15, 0.2) is 18.2 Å². The molecule has 1 saturated heterocycles. The van der Waals surface area contributed by atoms with Gasteiger partial charge in [0.2, 0.25) is 21.8 Å². The van der Waals surface area contributed by atoms with Crippen molar-refractivity contribution in [2.24, 2.45) is 5.92 Å². The number of nitrogens with zero attached hydrogens (tertiary/aromatic N) is 3. The van der Waals surface area contributed by atoms with Gasteiger partial charge < -0.3 is 5.32 Å². The normalized spacial score (nSPS) is 17.9. The summed E-state index contributed by atoms with van der Waals surface area (Å²) >= 11 is 1.43. The highest BCUT2D eigenvalue weighted by molar-refractivity contribution is 7.89. The van der Waals surface area contributed by atoms with Crippen molar-refractivity contribution < 1.29 is 18.0 Å². The monoisotopic (exact) mass is 410 g/mol. The zero-order valence-electron chi connectivity index (χ0n) is 15.4. The van der Waals surface area contributed by atoms with E-state index < -0.39 is 15.9 Å². The van der Waals surface area contributed by atoms with E-state index in [1.54, 1.807) is 4.90 Å². The van der Waals surface area contributed by atoms with Crippen molar-refractivity contribution >= 4 is 48.5 Å². The summed E-state index contributed by atoms with van der Waals surface area (Å²) in [6, 6.07) is 5.91. The Labute approximate surface area is 162 Å². The number of carbonyl (C=O) groups is 2. The predicted octanol–water partition coefficient (Wildman–Crippen LogP) is 0.965. The van der Waals surface area contributed by atoms with Gasteiger partial charge in [-0.05, 0) is 24.6 Å². The van der Waals surface area contributed by atoms with Gasteiger partial charge in [-0.15, -0.1) is 0 Å². The van der Waals surface area contributed by atoms with Crippen LogP contribution < -0.4 is 10.2 Å². The first-order valence-electron chi connectivity index (χ1n) is 8.53. The highest BCUT2D eigenvalue weighted by Crippen LogP contribution is 2.33. The summed E-state index contributed by atoms with van der Waals surface area (Å²) in [5, 5.41) is 3.21. The quantitative estimate of drug-likeness (QED) is 0.765. The fourth-order valence-corrected chi connectivity index (χ4v) is 4.65. The summed E-state index contributed by atoms with van der Waals surface area (Å²) in [5.74, 6) is -1.13. The van der Waals surface area contributed by atoms with Crippen LogP contribution in [0.25, 0.3) is 10.2 Å². The number of rotatable bonds is 6. The molecule has 10 heteroatoms. The molecule has 1 fully saturated rings. The summed E-state index contributed by atoms with van der Waals surface area (Å²) in [6.45, 7) is 2.27. The van der Waals surface area contributed by atoms with Gasteiger partial charge in [0.15, 0.2) is 5.13 Å². The Morgan fingerprint density at radius 3 is 2.85 bits per heavy atom. The van der Waals surface area contributed by atoms with Gasteiger partial charge in [0.05, 0.1) is 21.9 Å². The Morgan fingerprint density at radius 2 is 2.15 bits per heavy atom. The number of carbonyl (C=O) groups excluding carboxylic acids is 2. The number of aryl methyl sites for hydroxylation is 1. The topological polar surface area (TPSA) is 99.7 Å². The maximum Gasteiger partial charge on any atom is 0.229 e. The van der Waals surface area contributed by atoms with Crippen molar-refractivity contribution in [1.82, 2.24) is 14.6 Å². The SMILES string of the molecule is Cc1ccc2nc(N3CC(C(=O)NCCS(=O)(=O)N(C)C)CC3=O)sc2c1. The molecule has 1 aliphatic heterocycles. The zero-order valence-corrected chi connectivity index (χ0v) is 17.1. The molecule has 1 N–H and O–H groups in total. The molecule has 3 rings (SSSR count). The molecule has 1 atom stereocenters. The molecule has 0 saturated carbocycles. The maximum absolute atomic E-state index is 12.4. The van der Waals surface area contributed by atoms with E-state index >= 15 is 0 Å². The van der Waals surface area contributed by atoms with E-state index in [9.17, 15) is 18.0 Å². The summed E-state index contributed by atoms with van der Waals surface area (Å²) in [5.41, 5.74) is 1.95. The minimum absolute atomic E-state index is 0.0183. The summed E-state index contributed by atoms with van der Waals surface area (Å²) in [7, 11) is -0.470. The second kappa shape index (κ2) is 7.53. The lowest BCUT2D eigenvalue weighted by atomic mass is 10.1. The van der Waals surface area contributed by atoms with Crippen molar-refractivity contribution in [1.29, 1.82) is 0 Å². The van der Waals surface area contributed by atoms with E-state index in [0.717, 1.165) is 20.1 Å². The minimum Gasteiger partial charge on any atom is -0.355 e. The van der Waals surface area contributed by atoms with E-state index in [1.165, 1.54) is 25.4 Å². The van der Waals surface area contributed by atoms with Crippen molar-refractivity contribution in [2.45, 2.75) is 13.3 Å². The molecule has 8 nitrogen and oxygen atoms in total. The van der Waals surface area contributed by atoms with E-state index in [4.69, 9.17) is 0 Å². The number of thiazole rings is 1. The molecule has 27 heavy (non-hydrogen) atoms. The third kappa shape index (κ3) is 4.28. The molecule has 2 heterocycles. The third-order valence-electron chi connectivity index (χ3n) is 4.47. The van der Waals surface area contributed by atoms with Crippen molar-refractivity contribution in [3.63, 3.8) is 0 Å². The van der Waals surface area contributed by atoms with Crippen molar-refractivity contribution in [3.05, 3.63) is 23.8 Å². The lowest BCUT2D eigenvalue weighted by molar-refractivity contribution is -0.126. The number of sulfonamides is 1. The predicted molar refractivity (Wildman–Crippen MR) is 105 cm³/mol. The van der Waals surface area contributed by atoms with Crippen LogP contribution in [-0.4, -0.2) is 62.5 Å². The first kappa shape index (κ1) is 19.7. The van der Waals surface area contributed by atoms with Crippen LogP contribution in [0.3, 0.4) is 0 Å². The van der Waals surface area contributed by atoms with Gasteiger partial charge in [-0.3, -0.25) is 14.5 Å². The number of benzene rings is 1. The summed E-state index contributed by atoms with van der Waals surface area (Å²) in [4.78, 5) is 30.7. The standard InChI is InChI=1S/C17H22N4O4S2/c1-11-4-5-13-14(8-11)26-17(19-13)21-10-12(9-15(21)22)16(23)18-6-7-27(24,25)20(2)3/h4-5,8,12H,6-7,9-10H2,1-3H3,(H,18,23). The molecule has 2 aromatic rings. The van der Waals surface area contributed by atoms with Crippen LogP contribution in [0.1, 0.15) is 12.0 Å². The van der Waals surface area contributed by atoms with Crippen LogP contribution in [-0.2, 0) is 19.6 Å². The molecule has 1 aromatic carbocycles. The van der Waals surface area contributed by atoms with Crippen LogP contribution >= 0.6 is 11.3 Å². The van der Waals surface area contributed by atoms with E-state index in [0.29, 0.717) is 5.13 Å². The molecular formula is C17H22N4O4S2.